The Balaban J connectivity index is 0.000000207. The van der Waals surface area contributed by atoms with E-state index in [0.29, 0.717) is 67.8 Å². The Bertz CT molecular complexity index is 4930. The fraction of sp³-hybridized carbons (Fsp3) is 0.247. The van der Waals surface area contributed by atoms with Crippen molar-refractivity contribution in [2.24, 2.45) is 0 Å². The van der Waals surface area contributed by atoms with Gasteiger partial charge in [0.1, 0.15) is 11.5 Å². The first kappa shape index (κ1) is 94.2. The van der Waals surface area contributed by atoms with Crippen LogP contribution in [0.3, 0.4) is 0 Å². The quantitative estimate of drug-likeness (QED) is 0.140. The molecule has 22 heteroatoms. The molecule has 0 N–H and O–H groups in total. The van der Waals surface area contributed by atoms with E-state index in [0.717, 1.165) is 17.1 Å². The van der Waals surface area contributed by atoms with Crippen LogP contribution in [0, 0.1) is 125 Å². The van der Waals surface area contributed by atoms with E-state index in [2.05, 4.69) is 245 Å². The van der Waals surface area contributed by atoms with E-state index in [-0.39, 0.29) is 40.9 Å². The van der Waals surface area contributed by atoms with E-state index in [1.165, 1.54) is 102 Å². The summed E-state index contributed by atoms with van der Waals surface area (Å²) in [6.45, 7) is 43.6. The van der Waals surface area contributed by atoms with Crippen molar-refractivity contribution in [3.8, 4) is 0 Å². The molecule has 6 nitrogen and oxygen atoms in total. The summed E-state index contributed by atoms with van der Waals surface area (Å²) in [5.74, 6) is 1.98. The number of sulfone groups is 2. The van der Waals surface area contributed by atoms with Crippen LogP contribution in [0.1, 0.15) is 110 Å². The van der Waals surface area contributed by atoms with Crippen LogP contribution in [0.15, 0.2) is 225 Å². The predicted octanol–water partition coefficient (Wildman–Crippen LogP) is 26.5. The maximum Gasteiger partial charge on any atom is 0.103 e. The Kier molecular flexibility index (Phi) is 43.4. The summed E-state index contributed by atoms with van der Waals surface area (Å²) in [4.78, 5) is 11.1. The predicted molar refractivity (Wildman–Crippen MR) is 490 cm³/mol. The Hall–Kier alpha value is -3.40. The van der Waals surface area contributed by atoms with Crippen molar-refractivity contribution in [2.75, 3.05) is 0 Å². The summed E-state index contributed by atoms with van der Waals surface area (Å²) in [5, 5.41) is 15.3. The van der Waals surface area contributed by atoms with E-state index < -0.39 is 19.7 Å². The molecule has 0 bridgehead atoms. The van der Waals surface area contributed by atoms with Crippen molar-refractivity contribution < 1.29 is 25.7 Å². The van der Waals surface area contributed by atoms with E-state index in [1.54, 1.807) is 97.1 Å². The molecule has 18 heterocycles. The maximum absolute atomic E-state index is 10.8. The Morgan fingerprint density at radius 3 is 1.47 bits per heavy atom. The van der Waals surface area contributed by atoms with Crippen LogP contribution in [0.2, 0.25) is 0 Å². The average Bonchev–Trinajstić information content (AvgIpc) is 1.67. The van der Waals surface area contributed by atoms with E-state index >= 15 is 0 Å². The molecule has 18 rings (SSSR count). The molecular formula is C85H98O6S10Se4Te2. The smallest absolute Gasteiger partial charge is 0.103 e. The minimum atomic E-state index is -2.98. The molecule has 0 radical (unpaired) electrons. The molecule has 0 saturated carbocycles. The maximum atomic E-state index is 10.8. The van der Waals surface area contributed by atoms with Crippen molar-refractivity contribution in [2.45, 2.75) is 145 Å². The van der Waals surface area contributed by atoms with Crippen LogP contribution >= 0.6 is 90.7 Å². The van der Waals surface area contributed by atoms with Crippen LogP contribution < -0.4 is 0 Å². The third kappa shape index (κ3) is 34.5. The molecule has 2 aliphatic rings. The van der Waals surface area contributed by atoms with Crippen LogP contribution in [-0.4, -0.2) is 116 Å². The molecule has 0 fully saturated rings. The number of hydrogen-bond donors (Lipinski definition) is 0. The van der Waals surface area contributed by atoms with Crippen molar-refractivity contribution in [3.05, 3.63) is 306 Å². The van der Waals surface area contributed by atoms with Crippen LogP contribution in [-0.2, 0) is 19.7 Å². The normalized spacial score (nSPS) is 12.0. The van der Waals surface area contributed by atoms with Gasteiger partial charge in [-0.05, 0) is 194 Å². The van der Waals surface area contributed by atoms with Gasteiger partial charge in [0.2, 0.25) is 0 Å². The van der Waals surface area contributed by atoms with Gasteiger partial charge >= 0.3 is 327 Å². The standard InChI is InChI=1S/C8H8S2.C8H8SSe.C7H6S2.C7H6SSe.C6H8O2S.C6H8O.C6H8S.C6H8Se.C6H8Te.C5H6O2S.C5H6O.C5H6S.C5H6Se.C5H6Te/c2*1-5-6(2)10-7-3-4-9-8(5)7;1-5-4-7-6(9-5)2-3-8-7;1-5-4-6-7(9-5)2-3-8-6;1-5-3-4-9(7,8)6(5)2;4*1-5-3-4-7-6(5)2;1-5-3-2-4-8(5,6)7;4*1-5-3-2-4-6-5/h2*3-4H,1-2H3;2*2-4H,1H3;3-4H,1-2H3;4*3-4H,1-2H3;2-4H,1H3;4*2-4H,1H3. The molecule has 0 saturated heterocycles. The van der Waals surface area contributed by atoms with Gasteiger partial charge in [-0.25, -0.2) is 16.8 Å². The molecular weight excluding hydrogens is 2010 g/mol. The minimum Gasteiger partial charge on any atom is -0.470 e. The zero-order valence-electron chi connectivity index (χ0n) is 64.7. The van der Waals surface area contributed by atoms with Gasteiger partial charge in [-0.15, -0.1) is 68.0 Å². The molecule has 0 atom stereocenters. The van der Waals surface area contributed by atoms with Crippen LogP contribution in [0.5, 0.6) is 0 Å². The first-order valence-corrected chi connectivity index (χ1v) is 55.9. The molecule has 0 aromatic carbocycles. The van der Waals surface area contributed by atoms with E-state index in [4.69, 9.17) is 8.83 Å². The zero-order chi connectivity index (χ0) is 78.8. The molecule has 0 spiro atoms. The zero-order valence-corrected chi connectivity index (χ0v) is 84.4. The molecule has 107 heavy (non-hydrogen) atoms. The average molecular weight is 2110 g/mol. The summed E-state index contributed by atoms with van der Waals surface area (Å²) in [7, 11) is -5.92. The number of thiophene rings is 8. The SMILES string of the molecule is CC1=C(C)S(=O)(=O)C=C1.CC1=CC=CS1(=O)=O.Cc1[se]c2ccsc2c1C.Cc1cc2sccc2[se]1.Cc1cc2sccc2s1.Cc1cc[se]c1C.Cc1cc[te]c1C.Cc1ccc[se]1.Cc1ccc[te]1.Cc1ccco1.Cc1cccs1.Cc1ccoc1C.Cc1ccsc1C.Cc1sc2ccsc2c1C. The third-order valence-electron chi connectivity index (χ3n) is 15.7. The first-order chi connectivity index (χ1) is 50.8. The Labute approximate surface area is 713 Å². The second-order valence-electron chi connectivity index (χ2n) is 24.1. The van der Waals surface area contributed by atoms with Gasteiger partial charge in [-0.2, -0.15) is 0 Å². The number of furan rings is 2. The van der Waals surface area contributed by atoms with Crippen LogP contribution in [0.25, 0.3) is 36.7 Å². The molecule has 2 aliphatic heterocycles. The van der Waals surface area contributed by atoms with E-state index in [1.807, 2.05) is 107 Å². The fourth-order valence-corrected chi connectivity index (χ4v) is 29.0. The summed E-state index contributed by atoms with van der Waals surface area (Å²) in [5.41, 5.74) is 9.45. The van der Waals surface area contributed by atoms with Crippen molar-refractivity contribution in [1.29, 1.82) is 0 Å². The number of hydrogen-bond acceptors (Lipinski definition) is 14. The van der Waals surface area contributed by atoms with Gasteiger partial charge in [0, 0.05) is 58.9 Å². The van der Waals surface area contributed by atoms with Crippen LogP contribution in [0.4, 0.5) is 0 Å². The number of aryl methyl sites for hydroxylation is 18. The van der Waals surface area contributed by atoms with Gasteiger partial charge in [-0.3, -0.25) is 0 Å². The molecule has 16 aromatic rings. The topological polar surface area (TPSA) is 94.6 Å². The fourth-order valence-electron chi connectivity index (χ4n) is 8.23. The Morgan fingerprint density at radius 2 is 1.11 bits per heavy atom. The molecule has 0 amide bonds. The van der Waals surface area contributed by atoms with Crippen molar-refractivity contribution in [1.82, 2.24) is 0 Å². The molecule has 16 aromatic heterocycles. The van der Waals surface area contributed by atoms with Gasteiger partial charge in [0.15, 0.2) is 19.7 Å². The number of rotatable bonds is 0. The van der Waals surface area contributed by atoms with Crippen molar-refractivity contribution in [3.63, 3.8) is 0 Å². The second kappa shape index (κ2) is 49.3. The van der Waals surface area contributed by atoms with Gasteiger partial charge in [-0.1, -0.05) is 6.07 Å². The third-order valence-corrected chi connectivity index (χ3v) is 40.7. The number of fused-ring (bicyclic) bond motifs is 4. The summed E-state index contributed by atoms with van der Waals surface area (Å²) in [6.07, 6.45) is 8.09. The van der Waals surface area contributed by atoms with Gasteiger partial charge in [0.05, 0.1) is 12.5 Å². The monoisotopic (exact) mass is 2110 g/mol. The van der Waals surface area contributed by atoms with Crippen molar-refractivity contribution >= 4 is 246 Å². The number of allylic oxidation sites excluding steroid dienone is 6. The first-order valence-electron chi connectivity index (χ1n) is 33.7. The molecule has 570 valence electrons. The van der Waals surface area contributed by atoms with E-state index in [9.17, 15) is 16.8 Å². The summed E-state index contributed by atoms with van der Waals surface area (Å²) >= 11 is 17.9. The molecule has 0 aliphatic carbocycles. The summed E-state index contributed by atoms with van der Waals surface area (Å²) < 4.78 is 78.8. The molecule has 0 unspecified atom stereocenters. The summed E-state index contributed by atoms with van der Waals surface area (Å²) in [6, 6.07) is 38.5. The Morgan fingerprint density at radius 1 is 0.421 bits per heavy atom. The van der Waals surface area contributed by atoms with Gasteiger partial charge in [0.25, 0.3) is 0 Å². The second-order valence-corrected chi connectivity index (χ2v) is 53.2. The largest absolute Gasteiger partial charge is 0.470 e. The minimum absolute atomic E-state index is 0.187. The van der Waals surface area contributed by atoms with Gasteiger partial charge < -0.3 is 8.83 Å².